The maximum Gasteiger partial charge on any atom is 0.257 e. The number of carbonyl (C=O) groups excluding carboxylic acids is 1. The summed E-state index contributed by atoms with van der Waals surface area (Å²) in [7, 11) is 0. The smallest absolute Gasteiger partial charge is 0.257 e. The molecule has 128 valence electrons. The van der Waals surface area contributed by atoms with Gasteiger partial charge in [-0.2, -0.15) is 0 Å². The molecule has 1 aliphatic heterocycles. The van der Waals surface area contributed by atoms with E-state index in [1.54, 1.807) is 11.3 Å². The zero-order valence-electron chi connectivity index (χ0n) is 14.1. The number of fused-ring (bicyclic) bond motifs is 1. The molecule has 0 spiro atoms. The molecule has 4 rings (SSSR count). The Morgan fingerprint density at radius 2 is 2.04 bits per heavy atom. The summed E-state index contributed by atoms with van der Waals surface area (Å²) < 4.78 is 5.69. The summed E-state index contributed by atoms with van der Waals surface area (Å²) in [5, 5.41) is 8.16. The Balaban J connectivity index is 1.36. The van der Waals surface area contributed by atoms with Crippen LogP contribution in [-0.4, -0.2) is 27.5 Å². The van der Waals surface area contributed by atoms with Crippen molar-refractivity contribution < 1.29 is 9.21 Å². The monoisotopic (exact) mass is 353 g/mol. The van der Waals surface area contributed by atoms with Crippen LogP contribution < -0.4 is 0 Å². The van der Waals surface area contributed by atoms with Crippen molar-refractivity contribution >= 4 is 17.2 Å². The summed E-state index contributed by atoms with van der Waals surface area (Å²) in [5.74, 6) is 1.19. The first-order valence-electron chi connectivity index (χ1n) is 8.43. The number of hydrogen-bond donors (Lipinski definition) is 0. The molecule has 1 amide bonds. The molecule has 0 atom stereocenters. The Bertz CT molecular complexity index is 899. The van der Waals surface area contributed by atoms with Gasteiger partial charge >= 0.3 is 0 Å². The first-order chi connectivity index (χ1) is 12.2. The van der Waals surface area contributed by atoms with E-state index < -0.39 is 0 Å². The number of rotatable bonds is 4. The van der Waals surface area contributed by atoms with Crippen molar-refractivity contribution in [3.8, 4) is 10.8 Å². The number of benzene rings is 1. The Labute approximate surface area is 150 Å². The highest BCUT2D eigenvalue weighted by Crippen LogP contribution is 2.26. The molecule has 1 aromatic carbocycles. The predicted octanol–water partition coefficient (Wildman–Crippen LogP) is 3.62. The van der Waals surface area contributed by atoms with Gasteiger partial charge in [0, 0.05) is 30.8 Å². The molecule has 0 fully saturated rings. The van der Waals surface area contributed by atoms with Gasteiger partial charge in [0.2, 0.25) is 11.8 Å². The highest BCUT2D eigenvalue weighted by molar-refractivity contribution is 7.15. The average molecular weight is 353 g/mol. The Morgan fingerprint density at radius 3 is 2.84 bits per heavy atom. The maximum atomic E-state index is 12.5. The van der Waals surface area contributed by atoms with Crippen molar-refractivity contribution in [2.75, 3.05) is 6.54 Å². The van der Waals surface area contributed by atoms with Crippen LogP contribution in [0.1, 0.15) is 28.3 Å². The molecular formula is C19H19N3O2S. The van der Waals surface area contributed by atoms with E-state index in [-0.39, 0.29) is 5.91 Å². The van der Waals surface area contributed by atoms with Gasteiger partial charge in [0.15, 0.2) is 0 Å². The molecule has 0 N–H and O–H groups in total. The molecule has 6 heteroatoms. The van der Waals surface area contributed by atoms with E-state index in [0.29, 0.717) is 31.2 Å². The fourth-order valence-electron chi connectivity index (χ4n) is 3.08. The van der Waals surface area contributed by atoms with E-state index in [2.05, 4.69) is 28.4 Å². The van der Waals surface area contributed by atoms with Crippen LogP contribution >= 0.6 is 11.3 Å². The number of aromatic nitrogens is 2. The normalized spacial score (nSPS) is 13.7. The number of hydrogen-bond acceptors (Lipinski definition) is 5. The Morgan fingerprint density at radius 1 is 1.20 bits per heavy atom. The predicted molar refractivity (Wildman–Crippen MR) is 96.2 cm³/mol. The second kappa shape index (κ2) is 6.80. The molecule has 0 bridgehead atoms. The van der Waals surface area contributed by atoms with Gasteiger partial charge in [-0.3, -0.25) is 4.79 Å². The highest BCUT2D eigenvalue weighted by Gasteiger charge is 2.21. The summed E-state index contributed by atoms with van der Waals surface area (Å²) in [5.41, 5.74) is 2.59. The van der Waals surface area contributed by atoms with Crippen LogP contribution in [0.15, 0.2) is 40.8 Å². The third-order valence-corrected chi connectivity index (χ3v) is 5.44. The molecule has 0 saturated heterocycles. The third-order valence-electron chi connectivity index (χ3n) is 4.45. The molecule has 3 aromatic rings. The highest BCUT2D eigenvalue weighted by atomic mass is 32.1. The minimum atomic E-state index is 0.140. The first kappa shape index (κ1) is 16.0. The quantitative estimate of drug-likeness (QED) is 0.719. The number of aryl methyl sites for hydroxylation is 2. The van der Waals surface area contributed by atoms with Crippen molar-refractivity contribution in [2.45, 2.75) is 32.7 Å². The average Bonchev–Trinajstić information content (AvgIpc) is 3.28. The van der Waals surface area contributed by atoms with E-state index in [1.807, 2.05) is 30.0 Å². The van der Waals surface area contributed by atoms with E-state index in [1.165, 1.54) is 16.0 Å². The summed E-state index contributed by atoms with van der Waals surface area (Å²) in [6, 6.07) is 12.3. The van der Waals surface area contributed by atoms with Crippen LogP contribution in [0.2, 0.25) is 0 Å². The lowest BCUT2D eigenvalue weighted by Crippen LogP contribution is -2.36. The van der Waals surface area contributed by atoms with Crippen LogP contribution in [0.3, 0.4) is 0 Å². The molecule has 25 heavy (non-hydrogen) atoms. The molecule has 0 unspecified atom stereocenters. The Kier molecular flexibility index (Phi) is 4.36. The van der Waals surface area contributed by atoms with Crippen molar-refractivity contribution in [3.05, 3.63) is 58.3 Å². The van der Waals surface area contributed by atoms with Gasteiger partial charge in [-0.25, -0.2) is 0 Å². The minimum absolute atomic E-state index is 0.140. The molecule has 2 aromatic heterocycles. The van der Waals surface area contributed by atoms with Crippen LogP contribution in [-0.2, 0) is 24.2 Å². The van der Waals surface area contributed by atoms with Gasteiger partial charge in [0.1, 0.15) is 0 Å². The molecule has 0 aliphatic carbocycles. The molecule has 3 heterocycles. The molecule has 0 saturated carbocycles. The first-order valence-corrected chi connectivity index (χ1v) is 9.24. The summed E-state index contributed by atoms with van der Waals surface area (Å²) in [6.07, 6.45) is 1.80. The lowest BCUT2D eigenvalue weighted by Gasteiger charge is -2.28. The summed E-state index contributed by atoms with van der Waals surface area (Å²) in [4.78, 5) is 16.6. The van der Waals surface area contributed by atoms with Crippen LogP contribution in [0.4, 0.5) is 0 Å². The second-order valence-electron chi connectivity index (χ2n) is 6.25. The molecular weight excluding hydrogens is 334 g/mol. The molecule has 5 nitrogen and oxygen atoms in total. The van der Waals surface area contributed by atoms with Crippen molar-refractivity contribution in [3.63, 3.8) is 0 Å². The number of amides is 1. The topological polar surface area (TPSA) is 59.2 Å². The lowest BCUT2D eigenvalue weighted by molar-refractivity contribution is -0.132. The zero-order valence-corrected chi connectivity index (χ0v) is 14.9. The van der Waals surface area contributed by atoms with Crippen molar-refractivity contribution in [1.29, 1.82) is 0 Å². The van der Waals surface area contributed by atoms with E-state index in [9.17, 15) is 4.79 Å². The van der Waals surface area contributed by atoms with Gasteiger partial charge in [0.05, 0.1) is 4.88 Å². The van der Waals surface area contributed by atoms with Gasteiger partial charge in [-0.1, -0.05) is 24.3 Å². The van der Waals surface area contributed by atoms with Crippen molar-refractivity contribution in [1.82, 2.24) is 15.1 Å². The van der Waals surface area contributed by atoms with Crippen LogP contribution in [0.25, 0.3) is 10.8 Å². The minimum Gasteiger partial charge on any atom is -0.420 e. The largest absolute Gasteiger partial charge is 0.420 e. The van der Waals surface area contributed by atoms with E-state index >= 15 is 0 Å². The van der Waals surface area contributed by atoms with E-state index in [4.69, 9.17) is 4.42 Å². The van der Waals surface area contributed by atoms with Gasteiger partial charge in [0.25, 0.3) is 5.89 Å². The fraction of sp³-hybridized carbons (Fsp3) is 0.316. The molecule has 1 aliphatic rings. The maximum absolute atomic E-state index is 12.5. The van der Waals surface area contributed by atoms with Gasteiger partial charge in [-0.05, 0) is 36.6 Å². The molecule has 0 radical (unpaired) electrons. The zero-order chi connectivity index (χ0) is 17.2. The van der Waals surface area contributed by atoms with E-state index in [0.717, 1.165) is 17.8 Å². The number of carbonyl (C=O) groups is 1. The van der Waals surface area contributed by atoms with Gasteiger partial charge in [-0.15, -0.1) is 21.5 Å². The summed E-state index contributed by atoms with van der Waals surface area (Å²) in [6.45, 7) is 3.51. The second-order valence-corrected chi connectivity index (χ2v) is 7.53. The van der Waals surface area contributed by atoms with Crippen LogP contribution in [0.5, 0.6) is 0 Å². The fourth-order valence-corrected chi connectivity index (χ4v) is 3.87. The summed E-state index contributed by atoms with van der Waals surface area (Å²) >= 11 is 1.62. The van der Waals surface area contributed by atoms with Crippen molar-refractivity contribution in [2.24, 2.45) is 0 Å². The SMILES string of the molecule is Cc1ccc(-c2nnc(CCC(=O)N3CCc4ccccc4C3)o2)s1. The third kappa shape index (κ3) is 3.49. The van der Waals surface area contributed by atoms with Crippen LogP contribution in [0, 0.1) is 6.92 Å². The van der Waals surface area contributed by atoms with Gasteiger partial charge < -0.3 is 9.32 Å². The number of nitrogens with zero attached hydrogens (tertiary/aromatic N) is 3. The standard InChI is InChI=1S/C19H19N3O2S/c1-13-6-7-16(25-13)19-21-20-17(24-19)8-9-18(23)22-11-10-14-4-2-3-5-15(14)12-22/h2-7H,8-12H2,1H3. The Hall–Kier alpha value is -2.47. The lowest BCUT2D eigenvalue weighted by atomic mass is 9.99. The number of thiophene rings is 1.